The fourth-order valence-corrected chi connectivity index (χ4v) is 2.71. The van der Waals surface area contributed by atoms with Gasteiger partial charge in [-0.15, -0.1) is 0 Å². The van der Waals surface area contributed by atoms with Crippen molar-refractivity contribution in [2.24, 2.45) is 0 Å². The Bertz CT molecular complexity index is 361. The van der Waals surface area contributed by atoms with E-state index in [0.717, 1.165) is 24.7 Å². The summed E-state index contributed by atoms with van der Waals surface area (Å²) in [7, 11) is 2.22. The van der Waals surface area contributed by atoms with Gasteiger partial charge in [-0.25, -0.2) is 0 Å². The summed E-state index contributed by atoms with van der Waals surface area (Å²) in [4.78, 5) is 2.46. The lowest BCUT2D eigenvalue weighted by Gasteiger charge is -2.27. The van der Waals surface area contributed by atoms with Crippen molar-refractivity contribution in [3.63, 3.8) is 0 Å². The number of benzene rings is 1. The Labute approximate surface area is 109 Å². The SMILES string of the molecule is CC(CN(C)C1CCNC1)c1cccc(Cl)c1. The minimum Gasteiger partial charge on any atom is -0.315 e. The second-order valence-corrected chi connectivity index (χ2v) is 5.48. The Morgan fingerprint density at radius 2 is 2.35 bits per heavy atom. The van der Waals surface area contributed by atoms with E-state index < -0.39 is 0 Å². The van der Waals surface area contributed by atoms with E-state index in [1.165, 1.54) is 12.0 Å². The van der Waals surface area contributed by atoms with Crippen molar-refractivity contribution < 1.29 is 0 Å². The highest BCUT2D eigenvalue weighted by Gasteiger charge is 2.20. The van der Waals surface area contributed by atoms with Gasteiger partial charge in [-0.1, -0.05) is 30.7 Å². The summed E-state index contributed by atoms with van der Waals surface area (Å²) in [6.45, 7) is 5.64. The molecule has 0 radical (unpaired) electrons. The van der Waals surface area contributed by atoms with Crippen LogP contribution in [0.1, 0.15) is 24.8 Å². The van der Waals surface area contributed by atoms with Crippen LogP contribution in [-0.2, 0) is 0 Å². The van der Waals surface area contributed by atoms with E-state index in [2.05, 4.69) is 36.3 Å². The van der Waals surface area contributed by atoms with E-state index in [4.69, 9.17) is 11.6 Å². The van der Waals surface area contributed by atoms with Gasteiger partial charge in [0.25, 0.3) is 0 Å². The number of nitrogens with one attached hydrogen (secondary N) is 1. The lowest BCUT2D eigenvalue weighted by molar-refractivity contribution is 0.245. The van der Waals surface area contributed by atoms with Gasteiger partial charge >= 0.3 is 0 Å². The molecule has 2 nitrogen and oxygen atoms in total. The van der Waals surface area contributed by atoms with Crippen LogP contribution in [0.15, 0.2) is 24.3 Å². The first kappa shape index (κ1) is 12.9. The van der Waals surface area contributed by atoms with Crippen LogP contribution in [-0.4, -0.2) is 37.6 Å². The zero-order valence-corrected chi connectivity index (χ0v) is 11.4. The molecule has 1 aromatic rings. The first-order valence-electron chi connectivity index (χ1n) is 6.33. The highest BCUT2D eigenvalue weighted by Crippen LogP contribution is 2.21. The van der Waals surface area contributed by atoms with E-state index in [1.54, 1.807) is 0 Å². The van der Waals surface area contributed by atoms with Crippen LogP contribution in [0.4, 0.5) is 0 Å². The number of halogens is 1. The largest absolute Gasteiger partial charge is 0.315 e. The van der Waals surface area contributed by atoms with Gasteiger partial charge in [0.15, 0.2) is 0 Å². The first-order valence-corrected chi connectivity index (χ1v) is 6.71. The smallest absolute Gasteiger partial charge is 0.0408 e. The summed E-state index contributed by atoms with van der Waals surface area (Å²) in [5.41, 5.74) is 1.33. The molecule has 0 aromatic heterocycles. The third-order valence-corrected chi connectivity index (χ3v) is 3.87. The fraction of sp³-hybridized carbons (Fsp3) is 0.571. The Hall–Kier alpha value is -0.570. The molecule has 1 heterocycles. The summed E-state index contributed by atoms with van der Waals surface area (Å²) >= 11 is 6.03. The molecule has 0 amide bonds. The molecule has 0 bridgehead atoms. The molecule has 0 aliphatic carbocycles. The molecule has 2 rings (SSSR count). The van der Waals surface area contributed by atoms with Gasteiger partial charge in [0.1, 0.15) is 0 Å². The average molecular weight is 253 g/mol. The van der Waals surface area contributed by atoms with Gasteiger partial charge < -0.3 is 10.2 Å². The number of likely N-dealkylation sites (N-methyl/N-ethyl adjacent to an activating group) is 1. The Morgan fingerprint density at radius 1 is 1.53 bits per heavy atom. The molecule has 2 unspecified atom stereocenters. The maximum atomic E-state index is 6.03. The van der Waals surface area contributed by atoms with Gasteiger partial charge in [0.2, 0.25) is 0 Å². The summed E-state index contributed by atoms with van der Waals surface area (Å²) in [6.07, 6.45) is 1.26. The Morgan fingerprint density at radius 3 is 3.00 bits per heavy atom. The molecule has 17 heavy (non-hydrogen) atoms. The molecule has 2 atom stereocenters. The normalized spacial score (nSPS) is 22.0. The number of hydrogen-bond donors (Lipinski definition) is 1. The van der Waals surface area contributed by atoms with Crippen molar-refractivity contribution in [2.75, 3.05) is 26.7 Å². The van der Waals surface area contributed by atoms with Crippen LogP contribution in [0.25, 0.3) is 0 Å². The second kappa shape index (κ2) is 5.85. The van der Waals surface area contributed by atoms with E-state index in [-0.39, 0.29) is 0 Å². The number of nitrogens with zero attached hydrogens (tertiary/aromatic N) is 1. The highest BCUT2D eigenvalue weighted by atomic mass is 35.5. The molecular formula is C14H21ClN2. The second-order valence-electron chi connectivity index (χ2n) is 5.04. The van der Waals surface area contributed by atoms with Crippen molar-refractivity contribution in [3.05, 3.63) is 34.9 Å². The summed E-state index contributed by atoms with van der Waals surface area (Å²) in [6, 6.07) is 8.90. The number of rotatable bonds is 4. The number of hydrogen-bond acceptors (Lipinski definition) is 2. The van der Waals surface area contributed by atoms with Crippen LogP contribution in [0, 0.1) is 0 Å². The van der Waals surface area contributed by atoms with Gasteiger partial charge in [-0.3, -0.25) is 0 Å². The van der Waals surface area contributed by atoms with Gasteiger partial charge in [0, 0.05) is 24.2 Å². The van der Waals surface area contributed by atoms with Crippen molar-refractivity contribution in [1.82, 2.24) is 10.2 Å². The molecule has 0 spiro atoms. The standard InChI is InChI=1S/C14H21ClN2/c1-11(12-4-3-5-13(15)8-12)10-17(2)14-6-7-16-9-14/h3-5,8,11,14,16H,6-7,9-10H2,1-2H3. The van der Waals surface area contributed by atoms with Crippen molar-refractivity contribution in [3.8, 4) is 0 Å². The van der Waals surface area contributed by atoms with Crippen LogP contribution in [0.2, 0.25) is 5.02 Å². The maximum absolute atomic E-state index is 6.03. The quantitative estimate of drug-likeness (QED) is 0.887. The minimum absolute atomic E-state index is 0.527. The average Bonchev–Trinajstić information content (AvgIpc) is 2.82. The third kappa shape index (κ3) is 3.44. The van der Waals surface area contributed by atoms with Crippen molar-refractivity contribution in [2.45, 2.75) is 25.3 Å². The van der Waals surface area contributed by atoms with Crippen molar-refractivity contribution in [1.29, 1.82) is 0 Å². The lowest BCUT2D eigenvalue weighted by atomic mass is 10.00. The van der Waals surface area contributed by atoms with E-state index >= 15 is 0 Å². The molecule has 3 heteroatoms. The Balaban J connectivity index is 1.93. The van der Waals surface area contributed by atoms with Crippen molar-refractivity contribution >= 4 is 11.6 Å². The molecule has 1 aromatic carbocycles. The fourth-order valence-electron chi connectivity index (χ4n) is 2.52. The van der Waals surface area contributed by atoms with Gasteiger partial charge in [-0.2, -0.15) is 0 Å². The third-order valence-electron chi connectivity index (χ3n) is 3.64. The van der Waals surface area contributed by atoms with Gasteiger partial charge in [0.05, 0.1) is 0 Å². The lowest BCUT2D eigenvalue weighted by Crippen LogP contribution is -2.35. The predicted molar refractivity (Wildman–Crippen MR) is 73.8 cm³/mol. The zero-order valence-electron chi connectivity index (χ0n) is 10.6. The molecule has 1 fully saturated rings. The van der Waals surface area contributed by atoms with E-state index in [1.807, 2.05) is 12.1 Å². The summed E-state index contributed by atoms with van der Waals surface area (Å²) in [5.74, 6) is 0.527. The Kier molecular flexibility index (Phi) is 4.43. The van der Waals surface area contributed by atoms with Crippen LogP contribution in [0.5, 0.6) is 0 Å². The molecule has 1 saturated heterocycles. The predicted octanol–water partition coefficient (Wildman–Crippen LogP) is 2.74. The van der Waals surface area contributed by atoms with Crippen LogP contribution in [0.3, 0.4) is 0 Å². The topological polar surface area (TPSA) is 15.3 Å². The molecule has 1 N–H and O–H groups in total. The summed E-state index contributed by atoms with van der Waals surface area (Å²) in [5, 5.41) is 4.25. The molecular weight excluding hydrogens is 232 g/mol. The highest BCUT2D eigenvalue weighted by molar-refractivity contribution is 6.30. The first-order chi connectivity index (χ1) is 8.16. The van der Waals surface area contributed by atoms with Gasteiger partial charge in [-0.05, 0) is 43.6 Å². The monoisotopic (exact) mass is 252 g/mol. The van der Waals surface area contributed by atoms with E-state index in [0.29, 0.717) is 12.0 Å². The summed E-state index contributed by atoms with van der Waals surface area (Å²) < 4.78 is 0. The molecule has 94 valence electrons. The molecule has 1 aliphatic rings. The maximum Gasteiger partial charge on any atom is 0.0408 e. The van der Waals surface area contributed by atoms with E-state index in [9.17, 15) is 0 Å². The minimum atomic E-state index is 0.527. The molecule has 1 aliphatic heterocycles. The molecule has 0 saturated carbocycles. The van der Waals surface area contributed by atoms with Crippen LogP contribution < -0.4 is 5.32 Å². The van der Waals surface area contributed by atoms with Crippen LogP contribution >= 0.6 is 11.6 Å². The zero-order chi connectivity index (χ0) is 12.3.